The standard InChI is InChI=1S/C42H72O13/c1-22(21-52-36-32(47)28(43)30(45)34(50-8)54-36)11-10-17-42(7,49)24-14-19-40(5)23(24)12-13-26-39(4)18-16-27(38(2,3)25(39)15-20-41(26,40)6)53-37-33(48)29(44)31(46)35(51-9)55-37/h11,23-37,43-49H,10,12-21H2,1-9H3/b22-11+/t23-,24-,25-,26+,27-,28-,29-,30-,31-,32+,33+,34-,35-,36+,37+,39-,40+,41+,42-/m0/s1. The van der Waals surface area contributed by atoms with Gasteiger partial charge in [-0.05, 0) is 123 Å². The highest BCUT2D eigenvalue weighted by Gasteiger charge is 2.69. The maximum absolute atomic E-state index is 12.1. The average molecular weight is 785 g/mol. The van der Waals surface area contributed by atoms with E-state index in [4.69, 9.17) is 28.4 Å². The van der Waals surface area contributed by atoms with E-state index in [9.17, 15) is 35.7 Å². The van der Waals surface area contributed by atoms with Crippen LogP contribution in [-0.2, 0) is 28.4 Å². The average Bonchev–Trinajstić information content (AvgIpc) is 3.50. The number of aliphatic hydroxyl groups excluding tert-OH is 6. The number of allylic oxidation sites excluding steroid dienone is 1. The Labute approximate surface area is 327 Å². The molecule has 13 nitrogen and oxygen atoms in total. The summed E-state index contributed by atoms with van der Waals surface area (Å²) in [6.07, 6.45) is -1.40. The molecule has 13 heteroatoms. The lowest BCUT2D eigenvalue weighted by atomic mass is 9.35. The molecular weight excluding hydrogens is 712 g/mol. The molecule has 4 aliphatic carbocycles. The Bertz CT molecular complexity index is 1350. The van der Waals surface area contributed by atoms with E-state index in [0.717, 1.165) is 56.9 Å². The van der Waals surface area contributed by atoms with E-state index in [-0.39, 0.29) is 40.3 Å². The van der Waals surface area contributed by atoms with E-state index < -0.39 is 67.4 Å². The minimum absolute atomic E-state index is 0.0905. The summed E-state index contributed by atoms with van der Waals surface area (Å²) in [7, 11) is 2.74. The first-order valence-corrected chi connectivity index (χ1v) is 20.8. The van der Waals surface area contributed by atoms with Gasteiger partial charge in [-0.3, -0.25) is 0 Å². The molecule has 2 saturated heterocycles. The molecule has 0 aromatic carbocycles. The SMILES string of the molecule is CO[C@H]1O[C@@H](OC/C(C)=C/CC[C@](C)(O)[C@H]2CC[C@]3(C)[C@H]2CC[C@@H]2[C@@]4(C)CC[C@H](O[C@@H]5O[C@H](OC)[C@@H](O)[C@H](O)[C@H]5O)C(C)(C)[C@@H]4CC[C@]23C)[C@H](O)[C@@H](O)[C@@H]1O. The minimum atomic E-state index is -1.45. The van der Waals surface area contributed by atoms with Crippen LogP contribution in [0.3, 0.4) is 0 Å². The Balaban J connectivity index is 1.08. The molecule has 318 valence electrons. The summed E-state index contributed by atoms with van der Waals surface area (Å²) < 4.78 is 33.9. The zero-order valence-corrected chi connectivity index (χ0v) is 34.6. The maximum atomic E-state index is 12.1. The van der Waals surface area contributed by atoms with Crippen molar-refractivity contribution in [3.63, 3.8) is 0 Å². The van der Waals surface area contributed by atoms with E-state index in [1.807, 2.05) is 13.8 Å². The van der Waals surface area contributed by atoms with Gasteiger partial charge in [0.05, 0.1) is 18.3 Å². The van der Waals surface area contributed by atoms with Gasteiger partial charge >= 0.3 is 0 Å². The van der Waals surface area contributed by atoms with Gasteiger partial charge in [-0.25, -0.2) is 0 Å². The summed E-state index contributed by atoms with van der Waals surface area (Å²) in [5.74, 6) is 1.53. The summed E-state index contributed by atoms with van der Waals surface area (Å²) in [6, 6.07) is 0. The third-order valence-corrected chi connectivity index (χ3v) is 16.6. The predicted molar refractivity (Wildman–Crippen MR) is 201 cm³/mol. The molecule has 0 amide bonds. The lowest BCUT2D eigenvalue weighted by Gasteiger charge is -2.70. The van der Waals surface area contributed by atoms with Crippen LogP contribution in [0.4, 0.5) is 0 Å². The second-order valence-corrected chi connectivity index (χ2v) is 19.7. The quantitative estimate of drug-likeness (QED) is 0.119. The molecule has 0 aromatic heterocycles. The first kappa shape index (κ1) is 43.8. The lowest BCUT2D eigenvalue weighted by Crippen LogP contribution is -2.65. The molecule has 2 aliphatic heterocycles. The summed E-state index contributed by atoms with van der Waals surface area (Å²) in [5, 5.41) is 74.2. The molecule has 55 heavy (non-hydrogen) atoms. The third-order valence-electron chi connectivity index (χ3n) is 16.6. The lowest BCUT2D eigenvalue weighted by molar-refractivity contribution is -0.364. The predicted octanol–water partition coefficient (Wildman–Crippen LogP) is 3.37. The zero-order valence-electron chi connectivity index (χ0n) is 34.6. The van der Waals surface area contributed by atoms with Crippen LogP contribution in [0.2, 0.25) is 0 Å². The summed E-state index contributed by atoms with van der Waals surface area (Å²) in [5.41, 5.74) is 0.157. The van der Waals surface area contributed by atoms with Crippen LogP contribution in [0.25, 0.3) is 0 Å². The molecule has 7 N–H and O–H groups in total. The fourth-order valence-corrected chi connectivity index (χ4v) is 13.2. The number of fused-ring (bicyclic) bond motifs is 5. The molecule has 4 saturated carbocycles. The van der Waals surface area contributed by atoms with Crippen LogP contribution < -0.4 is 0 Å². The smallest absolute Gasteiger partial charge is 0.189 e. The van der Waals surface area contributed by atoms with E-state index >= 15 is 0 Å². The van der Waals surface area contributed by atoms with Gasteiger partial charge in [0, 0.05) is 14.2 Å². The van der Waals surface area contributed by atoms with Crippen molar-refractivity contribution in [1.29, 1.82) is 0 Å². The van der Waals surface area contributed by atoms with E-state index in [1.54, 1.807) is 0 Å². The van der Waals surface area contributed by atoms with Crippen molar-refractivity contribution in [2.24, 2.45) is 45.3 Å². The van der Waals surface area contributed by atoms with Crippen molar-refractivity contribution in [2.45, 2.75) is 186 Å². The fraction of sp³-hybridized carbons (Fsp3) is 0.952. The third kappa shape index (κ3) is 7.42. The molecule has 0 bridgehead atoms. The molecule has 6 fully saturated rings. The van der Waals surface area contributed by atoms with Crippen molar-refractivity contribution in [1.82, 2.24) is 0 Å². The number of rotatable bonds is 11. The highest BCUT2D eigenvalue weighted by atomic mass is 16.8. The van der Waals surface area contributed by atoms with Crippen molar-refractivity contribution in [3.05, 3.63) is 11.6 Å². The monoisotopic (exact) mass is 784 g/mol. The van der Waals surface area contributed by atoms with Gasteiger partial charge in [0.25, 0.3) is 0 Å². The number of methoxy groups -OCH3 is 2. The molecule has 0 radical (unpaired) electrons. The maximum Gasteiger partial charge on any atom is 0.189 e. The van der Waals surface area contributed by atoms with Gasteiger partial charge in [0.15, 0.2) is 25.2 Å². The van der Waals surface area contributed by atoms with Gasteiger partial charge in [-0.1, -0.05) is 46.3 Å². The Morgan fingerprint density at radius 3 is 1.87 bits per heavy atom. The van der Waals surface area contributed by atoms with Crippen LogP contribution in [0.5, 0.6) is 0 Å². The molecule has 19 atom stereocenters. The largest absolute Gasteiger partial charge is 0.390 e. The van der Waals surface area contributed by atoms with Crippen LogP contribution in [0, 0.1) is 45.3 Å². The number of hydrogen-bond acceptors (Lipinski definition) is 13. The Kier molecular flexibility index (Phi) is 12.7. The van der Waals surface area contributed by atoms with Crippen molar-refractivity contribution in [3.8, 4) is 0 Å². The fourth-order valence-electron chi connectivity index (χ4n) is 13.2. The van der Waals surface area contributed by atoms with Gasteiger partial charge in [-0.2, -0.15) is 0 Å². The first-order chi connectivity index (χ1) is 25.7. The first-order valence-electron chi connectivity index (χ1n) is 20.8. The van der Waals surface area contributed by atoms with Crippen molar-refractivity contribution >= 4 is 0 Å². The number of aliphatic hydroxyl groups is 7. The molecule has 0 unspecified atom stereocenters. The Morgan fingerprint density at radius 2 is 1.25 bits per heavy atom. The van der Waals surface area contributed by atoms with E-state index in [1.165, 1.54) is 14.2 Å². The van der Waals surface area contributed by atoms with Gasteiger partial charge < -0.3 is 64.2 Å². The molecule has 6 aliphatic rings. The Hall–Kier alpha value is -0.780. The molecule has 6 rings (SSSR count). The zero-order chi connectivity index (χ0) is 40.5. The van der Waals surface area contributed by atoms with Crippen molar-refractivity contribution in [2.75, 3.05) is 20.8 Å². The molecule has 0 spiro atoms. The van der Waals surface area contributed by atoms with Crippen LogP contribution in [0.1, 0.15) is 113 Å². The summed E-state index contributed by atoms with van der Waals surface area (Å²) in [6.45, 7) is 16.3. The van der Waals surface area contributed by atoms with Crippen LogP contribution in [-0.4, -0.2) is 130 Å². The molecular formula is C42H72O13. The van der Waals surface area contributed by atoms with Gasteiger partial charge in [-0.15, -0.1) is 0 Å². The second kappa shape index (κ2) is 16.0. The highest BCUT2D eigenvalue weighted by Crippen LogP contribution is 2.76. The summed E-state index contributed by atoms with van der Waals surface area (Å²) >= 11 is 0. The second-order valence-electron chi connectivity index (χ2n) is 19.7. The van der Waals surface area contributed by atoms with Gasteiger partial charge in [0.1, 0.15) is 36.6 Å². The molecule has 2 heterocycles. The topological polar surface area (TPSA) is 197 Å². The highest BCUT2D eigenvalue weighted by molar-refractivity contribution is 5.18. The Morgan fingerprint density at radius 1 is 0.691 bits per heavy atom. The normalized spacial score (nSPS) is 51.1. The molecule has 0 aromatic rings. The minimum Gasteiger partial charge on any atom is -0.390 e. The van der Waals surface area contributed by atoms with Crippen LogP contribution in [0.15, 0.2) is 11.6 Å². The summed E-state index contributed by atoms with van der Waals surface area (Å²) in [4.78, 5) is 0. The van der Waals surface area contributed by atoms with E-state index in [2.05, 4.69) is 40.7 Å². The van der Waals surface area contributed by atoms with Gasteiger partial charge in [0.2, 0.25) is 0 Å². The number of ether oxygens (including phenoxy) is 6. The van der Waals surface area contributed by atoms with Crippen LogP contribution >= 0.6 is 0 Å². The van der Waals surface area contributed by atoms with E-state index in [0.29, 0.717) is 30.6 Å². The number of hydrogen-bond donors (Lipinski definition) is 7. The van der Waals surface area contributed by atoms with Crippen molar-refractivity contribution < 1.29 is 64.2 Å².